The number of halogens is 1. The van der Waals surface area contributed by atoms with E-state index in [0.717, 1.165) is 24.4 Å². The highest BCUT2D eigenvalue weighted by atomic mass is 19.1. The number of allylic oxidation sites excluding steroid dienone is 2. The highest BCUT2D eigenvalue weighted by Crippen LogP contribution is 1.98. The van der Waals surface area contributed by atoms with Crippen LogP contribution in [0.25, 0.3) is 0 Å². The Morgan fingerprint density at radius 3 is 2.58 bits per heavy atom. The van der Waals surface area contributed by atoms with E-state index in [2.05, 4.69) is 5.18 Å². The molecule has 0 amide bonds. The third kappa shape index (κ3) is 4.10. The molecule has 0 aliphatic rings. The maximum Gasteiger partial charge on any atom is 0.335 e. The average molecular weight is 171 g/mol. The molecule has 0 aromatic heterocycles. The molecular formula is C7H6FNO3. The van der Waals surface area contributed by atoms with E-state index in [1.54, 1.807) is 0 Å². The molecule has 0 rings (SSSR count). The summed E-state index contributed by atoms with van der Waals surface area (Å²) in [6.45, 7) is 0. The molecule has 0 bridgehead atoms. The zero-order valence-electron chi connectivity index (χ0n) is 5.98. The first-order chi connectivity index (χ1) is 5.72. The number of hydrogen-bond donors (Lipinski definition) is 1. The lowest BCUT2D eigenvalue weighted by atomic mass is 10.2. The van der Waals surface area contributed by atoms with Crippen molar-refractivity contribution >= 4 is 5.97 Å². The molecule has 12 heavy (non-hydrogen) atoms. The second-order valence-electron chi connectivity index (χ2n) is 1.67. The summed E-state index contributed by atoms with van der Waals surface area (Å²) in [5.41, 5.74) is -0.219. The van der Waals surface area contributed by atoms with Crippen molar-refractivity contribution in [2.75, 3.05) is 0 Å². The highest BCUT2D eigenvalue weighted by molar-refractivity contribution is 5.90. The van der Waals surface area contributed by atoms with Crippen LogP contribution in [0.5, 0.6) is 0 Å². The molecule has 1 N–H and O–H groups in total. The molecule has 0 fully saturated rings. The van der Waals surface area contributed by atoms with Crippen molar-refractivity contribution in [3.05, 3.63) is 41.2 Å². The van der Waals surface area contributed by atoms with Gasteiger partial charge in [-0.25, -0.2) is 9.18 Å². The number of aliphatic carboxylic acids is 1. The summed E-state index contributed by atoms with van der Waals surface area (Å²) in [5, 5.41) is 10.7. The number of rotatable bonds is 4. The molecular weight excluding hydrogens is 165 g/mol. The van der Waals surface area contributed by atoms with E-state index >= 15 is 0 Å². The summed E-state index contributed by atoms with van der Waals surface area (Å²) in [4.78, 5) is 19.8. The van der Waals surface area contributed by atoms with E-state index in [4.69, 9.17) is 5.11 Å². The molecule has 0 saturated heterocycles. The van der Waals surface area contributed by atoms with Gasteiger partial charge in [0.1, 0.15) is 0 Å². The van der Waals surface area contributed by atoms with Gasteiger partial charge in [-0.05, 0) is 23.4 Å². The fourth-order valence-corrected chi connectivity index (χ4v) is 0.449. The molecule has 0 aromatic rings. The minimum absolute atomic E-state index is 0.186. The van der Waals surface area contributed by atoms with Crippen LogP contribution in [0.3, 0.4) is 0 Å². The summed E-state index contributed by atoms with van der Waals surface area (Å²) in [7, 11) is 0. The zero-order valence-corrected chi connectivity index (χ0v) is 5.98. The normalized spacial score (nSPS) is 12.6. The Bertz CT molecular complexity index is 255. The third-order valence-electron chi connectivity index (χ3n) is 0.910. The average Bonchev–Trinajstić information content (AvgIpc) is 2.04. The monoisotopic (exact) mass is 171 g/mol. The molecule has 0 saturated carbocycles. The van der Waals surface area contributed by atoms with Crippen molar-refractivity contribution in [1.82, 2.24) is 0 Å². The van der Waals surface area contributed by atoms with Crippen LogP contribution in [-0.4, -0.2) is 11.1 Å². The highest BCUT2D eigenvalue weighted by Gasteiger charge is 1.99. The first kappa shape index (κ1) is 10.2. The summed E-state index contributed by atoms with van der Waals surface area (Å²) in [6, 6.07) is 0. The third-order valence-corrected chi connectivity index (χ3v) is 0.910. The van der Waals surface area contributed by atoms with E-state index < -0.39 is 5.97 Å². The lowest BCUT2D eigenvalue weighted by molar-refractivity contribution is -0.132. The molecule has 5 heteroatoms. The van der Waals surface area contributed by atoms with Gasteiger partial charge in [0, 0.05) is 0 Å². The number of nitroso groups, excluding NO2 is 1. The van der Waals surface area contributed by atoms with Gasteiger partial charge < -0.3 is 5.11 Å². The van der Waals surface area contributed by atoms with Crippen molar-refractivity contribution in [2.24, 2.45) is 5.18 Å². The number of carboxylic acid groups (broad SMARTS) is 1. The predicted octanol–water partition coefficient (Wildman–Crippen LogP) is 1.76. The van der Waals surface area contributed by atoms with E-state index in [9.17, 15) is 14.1 Å². The summed E-state index contributed by atoms with van der Waals surface area (Å²) in [5.74, 6) is -1.26. The zero-order chi connectivity index (χ0) is 9.40. The van der Waals surface area contributed by atoms with Crippen molar-refractivity contribution in [2.45, 2.75) is 0 Å². The Labute approximate surface area is 67.7 Å². The van der Waals surface area contributed by atoms with Crippen LogP contribution in [-0.2, 0) is 4.79 Å². The maximum absolute atomic E-state index is 11.4. The fraction of sp³-hybridized carbons (Fsp3) is 0. The Kier molecular flexibility index (Phi) is 5.08. The molecule has 0 aromatic carbocycles. The molecule has 0 aliphatic carbocycles. The van der Waals surface area contributed by atoms with Gasteiger partial charge in [-0.2, -0.15) is 0 Å². The fourth-order valence-electron chi connectivity index (χ4n) is 0.449. The Balaban J connectivity index is 4.54. The molecule has 0 unspecified atom stereocenters. The topological polar surface area (TPSA) is 66.7 Å². The summed E-state index contributed by atoms with van der Waals surface area (Å²) in [6.07, 6.45) is 3.83. The van der Waals surface area contributed by atoms with Crippen LogP contribution < -0.4 is 0 Å². The Morgan fingerprint density at radius 2 is 2.17 bits per heavy atom. The lowest BCUT2D eigenvalue weighted by Gasteiger charge is -1.88. The van der Waals surface area contributed by atoms with Crippen LogP contribution in [0.2, 0.25) is 0 Å². The molecule has 64 valence electrons. The van der Waals surface area contributed by atoms with Gasteiger partial charge in [0.2, 0.25) is 0 Å². The Morgan fingerprint density at radius 1 is 1.50 bits per heavy atom. The van der Waals surface area contributed by atoms with Crippen LogP contribution in [0.4, 0.5) is 4.39 Å². The second kappa shape index (κ2) is 5.96. The molecule has 0 heterocycles. The molecule has 0 spiro atoms. The van der Waals surface area contributed by atoms with Crippen molar-refractivity contribution in [3.8, 4) is 0 Å². The van der Waals surface area contributed by atoms with Crippen LogP contribution in [0.15, 0.2) is 41.5 Å². The molecule has 0 atom stereocenters. The number of carbonyl (C=O) groups is 1. The van der Waals surface area contributed by atoms with E-state index in [1.165, 1.54) is 0 Å². The number of carboxylic acids is 1. The van der Waals surface area contributed by atoms with Gasteiger partial charge in [0.25, 0.3) is 0 Å². The minimum atomic E-state index is -1.26. The lowest BCUT2D eigenvalue weighted by Crippen LogP contribution is -1.96. The SMILES string of the molecule is O=N/C=C/C(=C\C=C\F)C(=O)O. The molecule has 4 nitrogen and oxygen atoms in total. The quantitative estimate of drug-likeness (QED) is 0.398. The number of hydrogen-bond acceptors (Lipinski definition) is 3. The van der Waals surface area contributed by atoms with E-state index in [0.29, 0.717) is 0 Å². The standard InChI is InChI=1S/C7H6FNO3/c8-4-1-2-6(7(10)11)3-5-9-12/h1-5H,(H,10,11)/b4-1+,5-3+,6-2+. The van der Waals surface area contributed by atoms with E-state index in [-0.39, 0.29) is 11.9 Å². The van der Waals surface area contributed by atoms with Crippen LogP contribution >= 0.6 is 0 Å². The second-order valence-corrected chi connectivity index (χ2v) is 1.67. The number of nitrogens with zero attached hydrogens (tertiary/aromatic N) is 1. The van der Waals surface area contributed by atoms with Crippen LogP contribution in [0, 0.1) is 4.91 Å². The summed E-state index contributed by atoms with van der Waals surface area (Å²) < 4.78 is 11.4. The van der Waals surface area contributed by atoms with Gasteiger partial charge in [-0.3, -0.25) is 0 Å². The van der Waals surface area contributed by atoms with E-state index in [1.807, 2.05) is 0 Å². The summed E-state index contributed by atoms with van der Waals surface area (Å²) >= 11 is 0. The minimum Gasteiger partial charge on any atom is -0.478 e. The van der Waals surface area contributed by atoms with Gasteiger partial charge in [-0.15, -0.1) is 4.91 Å². The smallest absolute Gasteiger partial charge is 0.335 e. The predicted molar refractivity (Wildman–Crippen MR) is 40.9 cm³/mol. The molecule has 0 aliphatic heterocycles. The first-order valence-electron chi connectivity index (χ1n) is 2.91. The van der Waals surface area contributed by atoms with Crippen LogP contribution in [0.1, 0.15) is 0 Å². The van der Waals surface area contributed by atoms with Crippen molar-refractivity contribution in [3.63, 3.8) is 0 Å². The molecule has 0 radical (unpaired) electrons. The van der Waals surface area contributed by atoms with Crippen molar-refractivity contribution < 1.29 is 14.3 Å². The van der Waals surface area contributed by atoms with Gasteiger partial charge in [0.05, 0.1) is 18.1 Å². The van der Waals surface area contributed by atoms with Gasteiger partial charge in [-0.1, -0.05) is 0 Å². The largest absolute Gasteiger partial charge is 0.478 e. The van der Waals surface area contributed by atoms with Crippen molar-refractivity contribution in [1.29, 1.82) is 0 Å². The maximum atomic E-state index is 11.4. The Hall–Kier alpha value is -1.78. The van der Waals surface area contributed by atoms with Gasteiger partial charge >= 0.3 is 5.97 Å². The first-order valence-corrected chi connectivity index (χ1v) is 2.91. The van der Waals surface area contributed by atoms with Gasteiger partial charge in [0.15, 0.2) is 0 Å².